The second-order valence-electron chi connectivity index (χ2n) is 5.71. The van der Waals surface area contributed by atoms with Crippen LogP contribution in [0.15, 0.2) is 4.99 Å². The van der Waals surface area contributed by atoms with Crippen LogP contribution in [0.2, 0.25) is 0 Å². The highest BCUT2D eigenvalue weighted by Crippen LogP contribution is 2.25. The van der Waals surface area contributed by atoms with Gasteiger partial charge in [-0.1, -0.05) is 0 Å². The van der Waals surface area contributed by atoms with Crippen LogP contribution in [0, 0.1) is 0 Å². The molecule has 2 heterocycles. The molecular weight excluding hydrogens is 286 g/mol. The fraction of sp³-hybridized carbons (Fsp3) is 0.818. The molecule has 0 radical (unpaired) electrons. The minimum Gasteiger partial charge on any atom is -0.442 e. The van der Waals surface area contributed by atoms with E-state index in [0.717, 1.165) is 4.31 Å². The van der Waals surface area contributed by atoms with E-state index in [2.05, 4.69) is 10.3 Å². The van der Waals surface area contributed by atoms with Gasteiger partial charge in [0.2, 0.25) is 5.96 Å². The number of ether oxygens (including phenoxy) is 2. The Bertz CT molecular complexity index is 537. The van der Waals surface area contributed by atoms with Gasteiger partial charge in [-0.15, -0.1) is 4.99 Å². The summed E-state index contributed by atoms with van der Waals surface area (Å²) in [6.45, 7) is 5.48. The standard InChI is InChI=1S/C11H19N3O5S/c1-11(2,3)19-10(15)13-9-12-7-5-6-18-8(7)20(16,17)14(9)4/h7-8H,5-6H2,1-4H3,(H,12,13,15). The summed E-state index contributed by atoms with van der Waals surface area (Å²) in [5.41, 5.74) is -1.61. The van der Waals surface area contributed by atoms with Crippen molar-refractivity contribution < 1.29 is 22.7 Å². The van der Waals surface area contributed by atoms with Crippen molar-refractivity contribution in [1.29, 1.82) is 0 Å². The van der Waals surface area contributed by atoms with Crippen molar-refractivity contribution in [2.45, 2.75) is 44.3 Å². The van der Waals surface area contributed by atoms with Crippen molar-refractivity contribution in [3.05, 3.63) is 0 Å². The zero-order chi connectivity index (χ0) is 15.1. The number of amides is 1. The summed E-state index contributed by atoms with van der Waals surface area (Å²) in [4.78, 5) is 15.4. The van der Waals surface area contributed by atoms with Crippen molar-refractivity contribution >= 4 is 22.1 Å². The zero-order valence-electron chi connectivity index (χ0n) is 11.9. The molecular formula is C11H19N3O5S. The molecule has 2 aliphatic rings. The van der Waals surface area contributed by atoms with Crippen LogP contribution in [-0.4, -0.2) is 55.5 Å². The summed E-state index contributed by atoms with van der Waals surface area (Å²) in [6.07, 6.45) is -0.287. The van der Waals surface area contributed by atoms with Crippen molar-refractivity contribution in [2.75, 3.05) is 13.7 Å². The average Bonchev–Trinajstić information content (AvgIpc) is 2.72. The molecule has 0 saturated carbocycles. The number of rotatable bonds is 0. The van der Waals surface area contributed by atoms with Crippen LogP contribution in [0.4, 0.5) is 4.79 Å². The average molecular weight is 305 g/mol. The second-order valence-corrected chi connectivity index (χ2v) is 7.75. The number of aliphatic imine (C=N–C) groups is 1. The fourth-order valence-corrected chi connectivity index (χ4v) is 3.54. The third-order valence-corrected chi connectivity index (χ3v) is 4.91. The number of nitrogens with zero attached hydrogens (tertiary/aromatic N) is 2. The SMILES string of the molecule is CN1/C(=N\C(=O)OC(C)(C)C)NC2CCOC2S1(=O)=O. The molecule has 2 aliphatic heterocycles. The number of hydrogen-bond acceptors (Lipinski definition) is 5. The van der Waals surface area contributed by atoms with Crippen LogP contribution in [-0.2, 0) is 19.5 Å². The number of fused-ring (bicyclic) bond motifs is 1. The van der Waals surface area contributed by atoms with Crippen LogP contribution in [0.25, 0.3) is 0 Å². The molecule has 0 aliphatic carbocycles. The molecule has 2 fully saturated rings. The van der Waals surface area contributed by atoms with Gasteiger partial charge in [-0.25, -0.2) is 17.5 Å². The Labute approximate surface area is 118 Å². The van der Waals surface area contributed by atoms with Crippen molar-refractivity contribution in [3.63, 3.8) is 0 Å². The monoisotopic (exact) mass is 305 g/mol. The molecule has 2 saturated heterocycles. The van der Waals surface area contributed by atoms with Gasteiger partial charge in [0, 0.05) is 7.05 Å². The van der Waals surface area contributed by atoms with Crippen LogP contribution in [0.1, 0.15) is 27.2 Å². The van der Waals surface area contributed by atoms with E-state index in [1.807, 2.05) is 0 Å². The van der Waals surface area contributed by atoms with E-state index in [-0.39, 0.29) is 5.96 Å². The van der Waals surface area contributed by atoms with Gasteiger partial charge >= 0.3 is 6.09 Å². The Kier molecular flexibility index (Phi) is 3.67. The number of carbonyl (C=O) groups excluding carboxylic acids is 1. The predicted octanol–water partition coefficient (Wildman–Crippen LogP) is 0.257. The van der Waals surface area contributed by atoms with Crippen LogP contribution >= 0.6 is 0 Å². The lowest BCUT2D eigenvalue weighted by atomic mass is 10.2. The Morgan fingerprint density at radius 1 is 1.50 bits per heavy atom. The molecule has 2 rings (SSSR count). The summed E-state index contributed by atoms with van der Waals surface area (Å²) in [7, 11) is -2.34. The maximum absolute atomic E-state index is 12.2. The number of hydrogen-bond donors (Lipinski definition) is 1. The first kappa shape index (κ1) is 15.0. The van der Waals surface area contributed by atoms with Crippen molar-refractivity contribution in [3.8, 4) is 0 Å². The normalized spacial score (nSPS) is 30.8. The summed E-state index contributed by atoms with van der Waals surface area (Å²) in [5, 5.41) is 2.91. The molecule has 1 amide bonds. The van der Waals surface area contributed by atoms with Gasteiger partial charge in [0.1, 0.15) is 5.60 Å². The highest BCUT2D eigenvalue weighted by molar-refractivity contribution is 7.90. The smallest absolute Gasteiger partial charge is 0.437 e. The number of sulfonamides is 1. The number of nitrogens with one attached hydrogen (secondary N) is 1. The van der Waals surface area contributed by atoms with Gasteiger partial charge in [-0.3, -0.25) is 0 Å². The molecule has 2 unspecified atom stereocenters. The molecule has 9 heteroatoms. The van der Waals surface area contributed by atoms with E-state index in [9.17, 15) is 13.2 Å². The van der Waals surface area contributed by atoms with Gasteiger partial charge in [-0.05, 0) is 27.2 Å². The molecule has 2 atom stereocenters. The van der Waals surface area contributed by atoms with Crippen molar-refractivity contribution in [2.24, 2.45) is 4.99 Å². The Morgan fingerprint density at radius 2 is 2.15 bits per heavy atom. The van der Waals surface area contributed by atoms with Crippen LogP contribution < -0.4 is 5.32 Å². The molecule has 114 valence electrons. The minimum atomic E-state index is -3.67. The first-order chi connectivity index (χ1) is 9.11. The molecule has 0 aromatic rings. The van der Waals surface area contributed by atoms with E-state index >= 15 is 0 Å². The first-order valence-corrected chi connectivity index (χ1v) is 7.79. The summed E-state index contributed by atoms with van der Waals surface area (Å²) < 4.78 is 35.6. The summed E-state index contributed by atoms with van der Waals surface area (Å²) >= 11 is 0. The highest BCUT2D eigenvalue weighted by atomic mass is 32.2. The third kappa shape index (κ3) is 2.88. The topological polar surface area (TPSA) is 97.3 Å². The predicted molar refractivity (Wildman–Crippen MR) is 71.6 cm³/mol. The molecule has 0 aromatic carbocycles. The lowest BCUT2D eigenvalue weighted by Crippen LogP contribution is -2.60. The fourth-order valence-electron chi connectivity index (χ4n) is 2.00. The lowest BCUT2D eigenvalue weighted by molar-refractivity contribution is 0.0601. The van der Waals surface area contributed by atoms with Crippen molar-refractivity contribution in [1.82, 2.24) is 9.62 Å². The molecule has 0 aromatic heterocycles. The van der Waals surface area contributed by atoms with E-state index < -0.39 is 33.2 Å². The first-order valence-electron chi connectivity index (χ1n) is 6.29. The van der Waals surface area contributed by atoms with Crippen LogP contribution in [0.5, 0.6) is 0 Å². The second kappa shape index (κ2) is 4.88. The van der Waals surface area contributed by atoms with Gasteiger partial charge in [0.05, 0.1) is 12.6 Å². The Balaban J connectivity index is 2.22. The van der Waals surface area contributed by atoms with E-state index in [0.29, 0.717) is 13.0 Å². The number of guanidine groups is 1. The molecule has 0 spiro atoms. The van der Waals surface area contributed by atoms with Gasteiger partial charge < -0.3 is 14.8 Å². The largest absolute Gasteiger partial charge is 0.442 e. The molecule has 8 nitrogen and oxygen atoms in total. The van der Waals surface area contributed by atoms with Gasteiger partial charge in [-0.2, -0.15) is 0 Å². The molecule has 1 N–H and O–H groups in total. The maximum Gasteiger partial charge on any atom is 0.437 e. The van der Waals surface area contributed by atoms with Gasteiger partial charge in [0.25, 0.3) is 10.0 Å². The van der Waals surface area contributed by atoms with E-state index in [1.165, 1.54) is 7.05 Å². The Hall–Kier alpha value is -1.35. The summed E-state index contributed by atoms with van der Waals surface area (Å²) in [6, 6.07) is -0.391. The highest BCUT2D eigenvalue weighted by Gasteiger charge is 2.47. The van der Waals surface area contributed by atoms with Crippen LogP contribution in [0.3, 0.4) is 0 Å². The Morgan fingerprint density at radius 3 is 2.75 bits per heavy atom. The molecule has 20 heavy (non-hydrogen) atoms. The minimum absolute atomic E-state index is 0.0361. The third-order valence-electron chi connectivity index (χ3n) is 2.92. The van der Waals surface area contributed by atoms with Gasteiger partial charge in [0.15, 0.2) is 5.44 Å². The quantitative estimate of drug-likeness (QED) is 0.689. The van der Waals surface area contributed by atoms with E-state index in [4.69, 9.17) is 9.47 Å². The van der Waals surface area contributed by atoms with E-state index in [1.54, 1.807) is 20.8 Å². The summed E-state index contributed by atoms with van der Waals surface area (Å²) in [5.74, 6) is -0.0361. The molecule has 0 bridgehead atoms. The zero-order valence-corrected chi connectivity index (χ0v) is 12.7. The maximum atomic E-state index is 12.2. The number of carbonyl (C=O) groups is 1. The lowest BCUT2D eigenvalue weighted by Gasteiger charge is -2.34.